The number of hydrogen-bond acceptors (Lipinski definition) is 5. The highest BCUT2D eigenvalue weighted by molar-refractivity contribution is 7.89. The highest BCUT2D eigenvalue weighted by Crippen LogP contribution is 2.30. The second-order valence-corrected chi connectivity index (χ2v) is 9.10. The summed E-state index contributed by atoms with van der Waals surface area (Å²) in [4.78, 5) is 16.7. The molecule has 2 N–H and O–H groups in total. The Labute approximate surface area is 163 Å². The third kappa shape index (κ3) is 3.27. The molecule has 1 aliphatic rings. The van der Waals surface area contributed by atoms with Crippen LogP contribution in [-0.2, 0) is 21.2 Å². The molecule has 0 spiro atoms. The number of fused-ring (bicyclic) bond motifs is 2. The van der Waals surface area contributed by atoms with E-state index in [0.29, 0.717) is 10.9 Å². The molecule has 9 heteroatoms. The fourth-order valence-corrected chi connectivity index (χ4v) is 5.04. The van der Waals surface area contributed by atoms with Crippen molar-refractivity contribution in [3.63, 3.8) is 0 Å². The summed E-state index contributed by atoms with van der Waals surface area (Å²) in [6, 6.07) is 5.23. The van der Waals surface area contributed by atoms with E-state index in [9.17, 15) is 13.2 Å². The van der Waals surface area contributed by atoms with Crippen molar-refractivity contribution in [1.82, 2.24) is 24.8 Å². The van der Waals surface area contributed by atoms with E-state index < -0.39 is 10.0 Å². The minimum atomic E-state index is -3.86. The Kier molecular flexibility index (Phi) is 4.64. The highest BCUT2D eigenvalue weighted by atomic mass is 32.2. The topological polar surface area (TPSA) is 108 Å². The number of hydrogen-bond donors (Lipinski definition) is 2. The maximum atomic E-state index is 13.1. The van der Waals surface area contributed by atoms with Crippen molar-refractivity contribution >= 4 is 26.8 Å². The van der Waals surface area contributed by atoms with E-state index in [-0.39, 0.29) is 23.4 Å². The number of nitrogens with zero attached hydrogens (tertiary/aromatic N) is 3. The molecular weight excluding hydrogens is 378 g/mol. The molecular formula is C19H21N5O3S. The quantitative estimate of drug-likeness (QED) is 0.679. The largest absolute Gasteiger partial charge is 0.348 e. The van der Waals surface area contributed by atoms with Crippen molar-refractivity contribution in [1.29, 1.82) is 0 Å². The molecule has 1 aliphatic carbocycles. The molecule has 2 heterocycles. The summed E-state index contributed by atoms with van der Waals surface area (Å²) in [5.41, 5.74) is 3.42. The number of sulfonamides is 1. The van der Waals surface area contributed by atoms with Gasteiger partial charge in [0.15, 0.2) is 0 Å². The normalized spacial score (nSPS) is 16.5. The number of benzene rings is 1. The van der Waals surface area contributed by atoms with Gasteiger partial charge in [-0.05, 0) is 54.7 Å². The lowest BCUT2D eigenvalue weighted by atomic mass is 10.1. The SMILES string of the molecule is Cc1cc(S(=O)(=O)N(C)CC(=O)NC2CCc3cnccc32)c2[nH]ncc2c1. The maximum absolute atomic E-state index is 13.1. The first-order valence-electron chi connectivity index (χ1n) is 8.98. The number of aromatic nitrogens is 3. The molecule has 2 aromatic heterocycles. The first kappa shape index (κ1) is 18.6. The maximum Gasteiger partial charge on any atom is 0.245 e. The minimum absolute atomic E-state index is 0.111. The Morgan fingerprint density at radius 2 is 2.18 bits per heavy atom. The highest BCUT2D eigenvalue weighted by Gasteiger charge is 2.28. The van der Waals surface area contributed by atoms with E-state index in [1.807, 2.05) is 25.3 Å². The Morgan fingerprint density at radius 3 is 3.00 bits per heavy atom. The molecule has 0 saturated heterocycles. The van der Waals surface area contributed by atoms with E-state index in [0.717, 1.165) is 33.8 Å². The van der Waals surface area contributed by atoms with E-state index in [1.54, 1.807) is 18.5 Å². The van der Waals surface area contributed by atoms with Crippen LogP contribution in [0.15, 0.2) is 41.7 Å². The fourth-order valence-electron chi connectivity index (χ4n) is 3.66. The predicted molar refractivity (Wildman–Crippen MR) is 104 cm³/mol. The number of aryl methyl sites for hydroxylation is 2. The zero-order valence-corrected chi connectivity index (χ0v) is 16.5. The molecule has 28 heavy (non-hydrogen) atoms. The smallest absolute Gasteiger partial charge is 0.245 e. The predicted octanol–water partition coefficient (Wildman–Crippen LogP) is 1.69. The molecule has 1 amide bonds. The van der Waals surface area contributed by atoms with Crippen LogP contribution in [0.3, 0.4) is 0 Å². The Hall–Kier alpha value is -2.78. The van der Waals surface area contributed by atoms with Gasteiger partial charge in [0.25, 0.3) is 0 Å². The number of carbonyl (C=O) groups excluding carboxylic acids is 1. The van der Waals surface area contributed by atoms with E-state index in [2.05, 4.69) is 20.5 Å². The van der Waals surface area contributed by atoms with Crippen LogP contribution in [0.1, 0.15) is 29.2 Å². The molecule has 8 nitrogen and oxygen atoms in total. The summed E-state index contributed by atoms with van der Waals surface area (Å²) in [5.74, 6) is -0.339. The van der Waals surface area contributed by atoms with Crippen LogP contribution in [0.5, 0.6) is 0 Å². The van der Waals surface area contributed by atoms with Gasteiger partial charge in [0.2, 0.25) is 15.9 Å². The second-order valence-electron chi connectivity index (χ2n) is 7.09. The van der Waals surface area contributed by atoms with Gasteiger partial charge >= 0.3 is 0 Å². The summed E-state index contributed by atoms with van der Waals surface area (Å²) in [6.07, 6.45) is 6.73. The van der Waals surface area contributed by atoms with Gasteiger partial charge < -0.3 is 5.32 Å². The number of likely N-dealkylation sites (N-methyl/N-ethyl adjacent to an activating group) is 1. The Balaban J connectivity index is 1.52. The standard InChI is InChI=1S/C19H21N5O3S/c1-12-7-14-10-21-23-19(14)17(8-12)28(26,27)24(2)11-18(25)22-16-4-3-13-9-20-6-5-15(13)16/h5-10,16H,3-4,11H2,1-2H3,(H,21,23)(H,22,25). The van der Waals surface area contributed by atoms with Crippen molar-refractivity contribution in [3.8, 4) is 0 Å². The van der Waals surface area contributed by atoms with Crippen molar-refractivity contribution in [2.45, 2.75) is 30.7 Å². The number of pyridine rings is 1. The first-order valence-corrected chi connectivity index (χ1v) is 10.4. The number of amides is 1. The van der Waals surface area contributed by atoms with Crippen LogP contribution in [0.25, 0.3) is 10.9 Å². The molecule has 0 radical (unpaired) electrons. The van der Waals surface area contributed by atoms with E-state index >= 15 is 0 Å². The van der Waals surface area contributed by atoms with Crippen molar-refractivity contribution in [2.75, 3.05) is 13.6 Å². The van der Waals surface area contributed by atoms with Crippen molar-refractivity contribution in [2.24, 2.45) is 0 Å². The van der Waals surface area contributed by atoms with Crippen LogP contribution < -0.4 is 5.32 Å². The lowest BCUT2D eigenvalue weighted by molar-refractivity contribution is -0.121. The average molecular weight is 399 g/mol. The van der Waals surface area contributed by atoms with Gasteiger partial charge in [-0.1, -0.05) is 0 Å². The van der Waals surface area contributed by atoms with Crippen LogP contribution >= 0.6 is 0 Å². The molecule has 0 saturated carbocycles. The minimum Gasteiger partial charge on any atom is -0.348 e. The van der Waals surface area contributed by atoms with Gasteiger partial charge in [-0.3, -0.25) is 14.9 Å². The molecule has 1 atom stereocenters. The number of nitrogens with one attached hydrogen (secondary N) is 2. The lowest BCUT2D eigenvalue weighted by Gasteiger charge is -2.20. The molecule has 1 unspecified atom stereocenters. The van der Waals surface area contributed by atoms with Crippen LogP contribution in [0.4, 0.5) is 0 Å². The van der Waals surface area contributed by atoms with Gasteiger partial charge in [-0.25, -0.2) is 8.42 Å². The van der Waals surface area contributed by atoms with Crippen molar-refractivity contribution in [3.05, 3.63) is 53.5 Å². The molecule has 0 fully saturated rings. The van der Waals surface area contributed by atoms with Crippen LogP contribution in [0.2, 0.25) is 0 Å². The van der Waals surface area contributed by atoms with Gasteiger partial charge in [0.05, 0.1) is 24.3 Å². The molecule has 0 bridgehead atoms. The Bertz CT molecular complexity index is 1160. The van der Waals surface area contributed by atoms with E-state index in [1.165, 1.54) is 7.05 Å². The number of H-pyrrole nitrogens is 1. The van der Waals surface area contributed by atoms with Crippen LogP contribution in [-0.4, -0.2) is 47.4 Å². The second kappa shape index (κ2) is 6.99. The van der Waals surface area contributed by atoms with E-state index in [4.69, 9.17) is 0 Å². The molecule has 146 valence electrons. The third-order valence-corrected chi connectivity index (χ3v) is 6.89. The summed E-state index contributed by atoms with van der Waals surface area (Å²) in [6.45, 7) is 1.56. The summed E-state index contributed by atoms with van der Waals surface area (Å²) < 4.78 is 27.2. The van der Waals surface area contributed by atoms with Gasteiger partial charge in [0, 0.05) is 24.8 Å². The molecule has 4 rings (SSSR count). The van der Waals surface area contributed by atoms with Gasteiger partial charge in [-0.15, -0.1) is 0 Å². The number of rotatable bonds is 5. The molecule has 3 aromatic rings. The third-order valence-electron chi connectivity index (χ3n) is 5.07. The van der Waals surface area contributed by atoms with Crippen LogP contribution in [0, 0.1) is 6.92 Å². The molecule has 1 aromatic carbocycles. The number of carbonyl (C=O) groups is 1. The zero-order valence-electron chi connectivity index (χ0n) is 15.6. The summed E-state index contributed by atoms with van der Waals surface area (Å²) >= 11 is 0. The fraction of sp³-hybridized carbons (Fsp3) is 0.316. The molecule has 0 aliphatic heterocycles. The van der Waals surface area contributed by atoms with Gasteiger partial charge in [0.1, 0.15) is 4.90 Å². The summed E-state index contributed by atoms with van der Waals surface area (Å²) in [7, 11) is -2.45. The van der Waals surface area contributed by atoms with Gasteiger partial charge in [-0.2, -0.15) is 9.40 Å². The lowest BCUT2D eigenvalue weighted by Crippen LogP contribution is -2.39. The Morgan fingerprint density at radius 1 is 1.36 bits per heavy atom. The number of aromatic amines is 1. The average Bonchev–Trinajstić information content (AvgIpc) is 3.28. The summed E-state index contributed by atoms with van der Waals surface area (Å²) in [5, 5.41) is 10.3. The zero-order chi connectivity index (χ0) is 19.9. The first-order chi connectivity index (χ1) is 13.4. The monoisotopic (exact) mass is 399 g/mol. The van der Waals surface area contributed by atoms with Crippen molar-refractivity contribution < 1.29 is 13.2 Å².